The molecule has 0 N–H and O–H groups in total. The van der Waals surface area contributed by atoms with E-state index in [1.54, 1.807) is 0 Å². The average Bonchev–Trinajstić information content (AvgIpc) is 3.30. The number of fused-ring (bicyclic) bond motifs is 13. The minimum Gasteiger partial charge on any atom is -0.481 e. The molecule has 0 amide bonds. The van der Waals surface area contributed by atoms with Gasteiger partial charge in [-0.1, -0.05) is 152 Å². The van der Waals surface area contributed by atoms with Crippen molar-refractivity contribution in [2.24, 2.45) is 0 Å². The van der Waals surface area contributed by atoms with Crippen LogP contribution >= 0.6 is 17.0 Å². The van der Waals surface area contributed by atoms with Gasteiger partial charge in [0.2, 0.25) is 0 Å². The van der Waals surface area contributed by atoms with Crippen molar-refractivity contribution < 1.29 is 36.8 Å². The van der Waals surface area contributed by atoms with Crippen LogP contribution in [0.1, 0.15) is 5.56 Å². The molecule has 0 unspecified atom stereocenters. The summed E-state index contributed by atoms with van der Waals surface area (Å²) in [5.74, 6) is 5.28. The van der Waals surface area contributed by atoms with E-state index in [1.807, 2.05) is 146 Å². The Bertz CT molecular complexity index is 3200. The van der Waals surface area contributed by atoms with E-state index in [0.717, 1.165) is 59.4 Å². The van der Waals surface area contributed by atoms with Gasteiger partial charge in [-0.05, 0) is 62.6 Å². The second-order valence-electron chi connectivity index (χ2n) is 14.9. The predicted molar refractivity (Wildman–Crippen MR) is 247 cm³/mol. The van der Waals surface area contributed by atoms with Crippen LogP contribution in [-0.2, 0) is 11.1 Å². The summed E-state index contributed by atoms with van der Waals surface area (Å²) in [5.41, 5.74) is 0.830. The molecule has 62 heavy (non-hydrogen) atoms. The Kier molecular flexibility index (Phi) is 9.15. The molecule has 10 aromatic carbocycles. The van der Waals surface area contributed by atoms with Gasteiger partial charge < -0.3 is 32.3 Å². The number of ether oxygens (including phenoxy) is 3. The normalized spacial score (nSPS) is 13.7. The monoisotopic (exact) mass is 848 g/mol. The Hall–Kier alpha value is -7.08. The third-order valence-corrected chi connectivity index (χ3v) is 13.3. The van der Waals surface area contributed by atoms with E-state index in [9.17, 15) is 0 Å². The highest BCUT2D eigenvalue weighted by Crippen LogP contribution is 2.56. The minimum atomic E-state index is -2.00. The third kappa shape index (κ3) is 6.61. The summed E-state index contributed by atoms with van der Waals surface area (Å²) in [6.45, 7) is 0.117. The van der Waals surface area contributed by atoms with Gasteiger partial charge >= 0.3 is 17.0 Å². The Morgan fingerprint density at radius 1 is 0.355 bits per heavy atom. The van der Waals surface area contributed by atoms with E-state index in [0.29, 0.717) is 51.7 Å². The molecule has 0 atom stereocenters. The molecule has 0 spiro atoms. The molecule has 12 rings (SSSR count). The van der Waals surface area contributed by atoms with Crippen molar-refractivity contribution in [3.05, 3.63) is 188 Å². The fourth-order valence-corrected chi connectivity index (χ4v) is 10.3. The molecule has 300 valence electrons. The summed E-state index contributed by atoms with van der Waals surface area (Å²) in [4.78, 5) is 0. The van der Waals surface area contributed by atoms with Gasteiger partial charge in [-0.25, -0.2) is 0 Å². The number of hydrogen-bond donors (Lipinski definition) is 0. The molecule has 0 saturated heterocycles. The fraction of sp³-hybridized carbons (Fsp3) is 0.0385. The van der Waals surface area contributed by atoms with E-state index >= 15 is 0 Å². The van der Waals surface area contributed by atoms with Gasteiger partial charge in [0.15, 0.2) is 52.3 Å². The summed E-state index contributed by atoms with van der Waals surface area (Å²) in [6.07, 6.45) is 0.110. The summed E-state index contributed by atoms with van der Waals surface area (Å²) in [7, 11) is -3.70. The van der Waals surface area contributed by atoms with Crippen molar-refractivity contribution in [1.29, 1.82) is 0 Å². The third-order valence-electron chi connectivity index (χ3n) is 11.2. The van der Waals surface area contributed by atoms with Gasteiger partial charge in [-0.15, -0.1) is 0 Å². The van der Waals surface area contributed by atoms with Crippen LogP contribution in [0.4, 0.5) is 0 Å². The molecule has 8 nitrogen and oxygen atoms in total. The molecule has 10 heteroatoms. The lowest BCUT2D eigenvalue weighted by Crippen LogP contribution is -2.10. The lowest BCUT2D eigenvalue weighted by molar-refractivity contribution is 0.244. The highest BCUT2D eigenvalue weighted by molar-refractivity contribution is 7.47. The molecule has 0 aromatic heterocycles. The number of rotatable bonds is 6. The first-order valence-corrected chi connectivity index (χ1v) is 22.6. The molecule has 2 heterocycles. The van der Waals surface area contributed by atoms with E-state index < -0.39 is 17.0 Å². The molecule has 0 radical (unpaired) electrons. The lowest BCUT2D eigenvalue weighted by atomic mass is 10.0. The first kappa shape index (κ1) is 36.7. The van der Waals surface area contributed by atoms with Gasteiger partial charge in [-0.2, -0.15) is 0 Å². The molecular weight excluding hydrogens is 815 g/mol. The summed E-state index contributed by atoms with van der Waals surface area (Å²) < 4.78 is 53.5. The Morgan fingerprint density at radius 2 is 0.710 bits per heavy atom. The maximum atomic E-state index is 6.75. The van der Waals surface area contributed by atoms with Crippen LogP contribution in [0, 0.1) is 0 Å². The molecule has 10 aromatic rings. The first-order chi connectivity index (χ1) is 30.7. The topological polar surface area (TPSA) is 73.8 Å². The van der Waals surface area contributed by atoms with Gasteiger partial charge in [0.25, 0.3) is 0 Å². The van der Waals surface area contributed by atoms with E-state index in [2.05, 4.69) is 36.4 Å². The summed E-state index contributed by atoms with van der Waals surface area (Å²) in [5, 5.41) is 9.87. The van der Waals surface area contributed by atoms with Crippen molar-refractivity contribution in [1.82, 2.24) is 0 Å². The van der Waals surface area contributed by atoms with Crippen LogP contribution in [0.2, 0.25) is 0 Å². The van der Waals surface area contributed by atoms with E-state index in [1.165, 1.54) is 0 Å². The second-order valence-corrected chi connectivity index (χ2v) is 17.3. The van der Waals surface area contributed by atoms with Crippen molar-refractivity contribution in [2.75, 3.05) is 6.35 Å². The SMILES string of the molecule is c1ccc2c(COP3Oc4ccc5ccccc5c4Oc4c(ccc5ccccc45)O3)c(OCP3Oc4ccc5ccccc5c4Oc4c(ccc5ccccc45)O3)ccc2c1. The van der Waals surface area contributed by atoms with Gasteiger partial charge in [-0.3, -0.25) is 4.52 Å². The molecule has 2 aliphatic rings. The van der Waals surface area contributed by atoms with Crippen LogP contribution in [0.5, 0.6) is 51.7 Å². The van der Waals surface area contributed by atoms with Gasteiger partial charge in [0, 0.05) is 27.1 Å². The van der Waals surface area contributed by atoms with Crippen molar-refractivity contribution in [3.63, 3.8) is 0 Å². The number of benzene rings is 10. The zero-order valence-corrected chi connectivity index (χ0v) is 34.7. The van der Waals surface area contributed by atoms with E-state index in [-0.39, 0.29) is 13.0 Å². The lowest BCUT2D eigenvalue weighted by Gasteiger charge is -2.27. The zero-order valence-electron chi connectivity index (χ0n) is 32.9. The molecule has 0 saturated carbocycles. The summed E-state index contributed by atoms with van der Waals surface area (Å²) >= 11 is 0. The van der Waals surface area contributed by atoms with Gasteiger partial charge in [0.1, 0.15) is 5.75 Å². The van der Waals surface area contributed by atoms with Crippen LogP contribution in [-0.4, -0.2) is 6.35 Å². The van der Waals surface area contributed by atoms with Crippen molar-refractivity contribution in [2.45, 2.75) is 6.61 Å². The highest BCUT2D eigenvalue weighted by Gasteiger charge is 2.30. The highest BCUT2D eigenvalue weighted by atomic mass is 31.2. The summed E-state index contributed by atoms with van der Waals surface area (Å²) in [6, 6.07) is 60.4. The minimum absolute atomic E-state index is 0.110. The predicted octanol–water partition coefficient (Wildman–Crippen LogP) is 15.4. The second kappa shape index (κ2) is 15.4. The molecule has 0 fully saturated rings. The standard InChI is InChI=1S/C52H34O8P2/c1-6-16-38-33(11-1)21-26-44(53-32-61-57-45-27-22-34-12-2-7-17-39(34)49(45)55-50-40-18-8-3-13-35(40)23-28-46(50)58-61)43(38)31-54-62-59-47-29-24-36-14-4-9-19-41(36)51(47)56-52-42-20-10-5-15-37(42)25-30-48(52)60-62/h1-30H,31-32H2. The maximum Gasteiger partial charge on any atom is 0.463 e. The molecule has 2 aliphatic heterocycles. The Labute approximate surface area is 358 Å². The first-order valence-electron chi connectivity index (χ1n) is 20.2. The molecule has 0 aliphatic carbocycles. The van der Waals surface area contributed by atoms with Gasteiger partial charge in [0.05, 0.1) is 6.61 Å². The van der Waals surface area contributed by atoms with Crippen molar-refractivity contribution >= 4 is 70.8 Å². The Balaban J connectivity index is 0.893. The van der Waals surface area contributed by atoms with Crippen molar-refractivity contribution in [3.8, 4) is 51.7 Å². The van der Waals surface area contributed by atoms with Crippen LogP contribution in [0.15, 0.2) is 182 Å². The maximum absolute atomic E-state index is 6.75. The smallest absolute Gasteiger partial charge is 0.463 e. The molecule has 0 bridgehead atoms. The van der Waals surface area contributed by atoms with E-state index in [4.69, 9.17) is 36.8 Å². The van der Waals surface area contributed by atoms with Crippen LogP contribution < -0.4 is 32.3 Å². The molecular formula is C52H34O8P2. The zero-order chi connectivity index (χ0) is 41.0. The number of hydrogen-bond acceptors (Lipinski definition) is 8. The fourth-order valence-electron chi connectivity index (χ4n) is 8.17. The van der Waals surface area contributed by atoms with Crippen LogP contribution in [0.25, 0.3) is 53.9 Å². The largest absolute Gasteiger partial charge is 0.481 e. The quantitative estimate of drug-likeness (QED) is 0.153. The van der Waals surface area contributed by atoms with Crippen LogP contribution in [0.3, 0.4) is 0 Å². The Morgan fingerprint density at radius 3 is 1.15 bits per heavy atom. The average molecular weight is 849 g/mol.